The molecule has 0 heterocycles. The van der Waals surface area contributed by atoms with Crippen LogP contribution < -0.4 is 0 Å². The molecule has 3 fully saturated rings. The summed E-state index contributed by atoms with van der Waals surface area (Å²) in [5, 5.41) is 0. The van der Waals surface area contributed by atoms with Gasteiger partial charge in [0, 0.05) is 0 Å². The van der Waals surface area contributed by atoms with Crippen molar-refractivity contribution in [2.45, 2.75) is 88.9 Å². The molecule has 0 radical (unpaired) electrons. The zero-order chi connectivity index (χ0) is 23.3. The average Bonchev–Trinajstić information content (AvgIpc) is 3.46. The summed E-state index contributed by atoms with van der Waals surface area (Å²) in [6, 6.07) is 11.3. The van der Waals surface area contributed by atoms with Crippen molar-refractivity contribution in [3.8, 4) is 0 Å². The summed E-state index contributed by atoms with van der Waals surface area (Å²) in [5.41, 5.74) is 5.09. The fraction of sp³-hybridized carbons (Fsp3) is 0.636. The Morgan fingerprint density at radius 1 is 0.824 bits per heavy atom. The van der Waals surface area contributed by atoms with Crippen LogP contribution in [0.5, 0.6) is 0 Å². The number of benzene rings is 1. The highest BCUT2D eigenvalue weighted by Gasteiger charge is 2.57. The van der Waals surface area contributed by atoms with Gasteiger partial charge in [0.2, 0.25) is 0 Å². The van der Waals surface area contributed by atoms with Crippen LogP contribution in [0, 0.1) is 41.4 Å². The van der Waals surface area contributed by atoms with Crippen LogP contribution in [0.2, 0.25) is 24.2 Å². The van der Waals surface area contributed by atoms with E-state index in [4.69, 9.17) is 0 Å². The summed E-state index contributed by atoms with van der Waals surface area (Å²) >= 11 is 0. The molecule has 0 amide bonds. The van der Waals surface area contributed by atoms with E-state index in [9.17, 15) is 0 Å². The molecule has 0 aliphatic heterocycles. The summed E-state index contributed by atoms with van der Waals surface area (Å²) in [5.74, 6) is 6.42. The van der Waals surface area contributed by atoms with Crippen LogP contribution in [-0.4, -0.2) is 8.07 Å². The van der Waals surface area contributed by atoms with Crippen molar-refractivity contribution in [1.29, 1.82) is 0 Å². The monoisotopic (exact) mass is 470 g/mol. The van der Waals surface area contributed by atoms with Gasteiger partial charge in [-0.1, -0.05) is 100.0 Å². The first-order valence-electron chi connectivity index (χ1n) is 14.7. The third kappa shape index (κ3) is 3.85. The predicted octanol–water partition coefficient (Wildman–Crippen LogP) is 9.54. The molecule has 3 saturated carbocycles. The molecule has 0 saturated heterocycles. The highest BCUT2D eigenvalue weighted by molar-refractivity contribution is 6.80. The Morgan fingerprint density at radius 3 is 2.44 bits per heavy atom. The van der Waals surface area contributed by atoms with Crippen molar-refractivity contribution in [3.05, 3.63) is 66.3 Å². The number of rotatable bonds is 4. The van der Waals surface area contributed by atoms with Gasteiger partial charge in [-0.15, -0.1) is 0 Å². The normalized spacial score (nSPS) is 41.7. The molecule has 1 heteroatoms. The summed E-state index contributed by atoms with van der Waals surface area (Å²) < 4.78 is 0. The van der Waals surface area contributed by atoms with Gasteiger partial charge in [0.25, 0.3) is 0 Å². The maximum atomic E-state index is 2.84. The fourth-order valence-corrected chi connectivity index (χ4v) is 16.1. The fourth-order valence-electron chi connectivity index (χ4n) is 10.3. The lowest BCUT2D eigenvalue weighted by atomic mass is 9.66. The topological polar surface area (TPSA) is 0 Å². The molecule has 0 N–H and O–H groups in total. The molecular formula is C33H46Si. The minimum atomic E-state index is -1.42. The molecule has 6 unspecified atom stereocenters. The molecule has 9 atom stereocenters. The minimum absolute atomic E-state index is 0.753. The van der Waals surface area contributed by atoms with Crippen molar-refractivity contribution in [2.24, 2.45) is 41.4 Å². The largest absolute Gasteiger partial charge is 0.0882 e. The summed E-state index contributed by atoms with van der Waals surface area (Å²) in [4.78, 5) is 0. The summed E-state index contributed by atoms with van der Waals surface area (Å²) in [6.45, 7) is 8.34. The van der Waals surface area contributed by atoms with E-state index in [2.05, 4.69) is 80.7 Å². The second kappa shape index (κ2) is 9.27. The van der Waals surface area contributed by atoms with E-state index < -0.39 is 8.07 Å². The zero-order valence-electron chi connectivity index (χ0n) is 21.8. The van der Waals surface area contributed by atoms with Crippen LogP contribution in [0.25, 0.3) is 5.57 Å². The molecule has 0 nitrogen and oxygen atoms in total. The number of hydrogen-bond acceptors (Lipinski definition) is 0. The van der Waals surface area contributed by atoms with Gasteiger partial charge in [0.1, 0.15) is 0 Å². The molecule has 6 rings (SSSR count). The second-order valence-corrected chi connectivity index (χ2v) is 18.3. The second-order valence-electron chi connectivity index (χ2n) is 13.2. The van der Waals surface area contributed by atoms with Gasteiger partial charge in [0.05, 0.1) is 8.07 Å². The van der Waals surface area contributed by atoms with Crippen molar-refractivity contribution in [1.82, 2.24) is 0 Å². The molecule has 0 aromatic heterocycles. The average molecular weight is 471 g/mol. The Labute approximate surface area is 210 Å². The Balaban J connectivity index is 1.24. The molecule has 1 aromatic carbocycles. The smallest absolute Gasteiger partial charge is 0.0547 e. The quantitative estimate of drug-likeness (QED) is 0.303. The van der Waals surface area contributed by atoms with Crippen LogP contribution >= 0.6 is 0 Å². The lowest BCUT2D eigenvalue weighted by molar-refractivity contribution is 0.133. The van der Waals surface area contributed by atoms with Crippen LogP contribution in [-0.2, 0) is 0 Å². The Bertz CT molecular complexity index is 952. The highest BCUT2D eigenvalue weighted by Crippen LogP contribution is 2.64. The zero-order valence-corrected chi connectivity index (χ0v) is 22.8. The van der Waals surface area contributed by atoms with E-state index in [1.54, 1.807) is 5.57 Å². The highest BCUT2D eigenvalue weighted by atomic mass is 28.3. The van der Waals surface area contributed by atoms with Crippen LogP contribution in [0.1, 0.15) is 70.3 Å². The van der Waals surface area contributed by atoms with E-state index in [1.807, 2.05) is 0 Å². The number of fused-ring (bicyclic) bond motifs is 2. The third-order valence-corrected chi connectivity index (χ3v) is 16.7. The number of allylic oxidation sites excluding steroid dienone is 6. The lowest BCUT2D eigenvalue weighted by Gasteiger charge is -2.47. The van der Waals surface area contributed by atoms with Gasteiger partial charge >= 0.3 is 0 Å². The van der Waals surface area contributed by atoms with Crippen molar-refractivity contribution in [2.75, 3.05) is 0 Å². The minimum Gasteiger partial charge on any atom is -0.0882 e. The molecule has 5 aliphatic rings. The third-order valence-electron chi connectivity index (χ3n) is 11.4. The van der Waals surface area contributed by atoms with Gasteiger partial charge in [0.15, 0.2) is 0 Å². The van der Waals surface area contributed by atoms with Gasteiger partial charge in [-0.05, 0) is 102 Å². The van der Waals surface area contributed by atoms with Crippen LogP contribution in [0.15, 0.2) is 60.7 Å². The van der Waals surface area contributed by atoms with E-state index in [-0.39, 0.29) is 0 Å². The Morgan fingerprint density at radius 2 is 1.65 bits per heavy atom. The van der Waals surface area contributed by atoms with Crippen molar-refractivity contribution >= 4 is 13.6 Å². The lowest BCUT2D eigenvalue weighted by Crippen LogP contribution is -2.45. The molecule has 182 valence electrons. The van der Waals surface area contributed by atoms with E-state index in [0.29, 0.717) is 0 Å². The van der Waals surface area contributed by atoms with Crippen LogP contribution in [0.3, 0.4) is 0 Å². The Kier molecular flexibility index (Phi) is 6.29. The van der Waals surface area contributed by atoms with Gasteiger partial charge in [-0.3, -0.25) is 0 Å². The first-order chi connectivity index (χ1) is 16.6. The molecule has 0 spiro atoms. The molecular weight excluding hydrogens is 424 g/mol. The predicted molar refractivity (Wildman–Crippen MR) is 149 cm³/mol. The van der Waals surface area contributed by atoms with E-state index >= 15 is 0 Å². The molecule has 0 bridgehead atoms. The SMILES string of the molecule is C[C@@H]1CC2C(CCC[C@@H]2[C@H]2C=CCCC2)C1[Si](C)(C)C1CCC2C(c3ccccc3)=CC=CC21. The van der Waals surface area contributed by atoms with Crippen LogP contribution in [0.4, 0.5) is 0 Å². The van der Waals surface area contributed by atoms with Gasteiger partial charge < -0.3 is 0 Å². The molecule has 1 aromatic rings. The van der Waals surface area contributed by atoms with E-state index in [1.165, 1.54) is 63.4 Å². The van der Waals surface area contributed by atoms with Gasteiger partial charge in [-0.2, -0.15) is 0 Å². The van der Waals surface area contributed by atoms with E-state index in [0.717, 1.165) is 52.5 Å². The Hall–Kier alpha value is -1.34. The number of hydrogen-bond donors (Lipinski definition) is 0. The maximum Gasteiger partial charge on any atom is 0.0547 e. The first kappa shape index (κ1) is 23.1. The molecule has 5 aliphatic carbocycles. The maximum absolute atomic E-state index is 2.84. The standard InChI is InChI=1S/C33H46Si/c1-23-22-31-27(25-14-8-5-9-15-25)17-11-19-30(31)33(23)34(2,3)32-21-20-28-26(16-10-18-29(28)32)24-12-6-4-7-13-24/h4,6-8,10,12-14,16,18,23,25,27-33H,5,9,11,15,17,19-22H2,1-3H3/t23-,25+,27-,28?,29?,30?,31?,32?,33?/m1/s1. The van der Waals surface area contributed by atoms with Gasteiger partial charge in [-0.25, -0.2) is 0 Å². The summed E-state index contributed by atoms with van der Waals surface area (Å²) in [6.07, 6.45) is 25.8. The summed E-state index contributed by atoms with van der Waals surface area (Å²) in [7, 11) is -1.42. The molecule has 34 heavy (non-hydrogen) atoms. The first-order valence-corrected chi connectivity index (χ1v) is 17.8. The van der Waals surface area contributed by atoms with Crippen molar-refractivity contribution in [3.63, 3.8) is 0 Å². The van der Waals surface area contributed by atoms with Crippen molar-refractivity contribution < 1.29 is 0 Å².